The van der Waals surface area contributed by atoms with Crippen molar-refractivity contribution in [2.75, 3.05) is 18.8 Å². The minimum Gasteiger partial charge on any atom is -0.480 e. The van der Waals surface area contributed by atoms with Crippen molar-refractivity contribution in [3.8, 4) is 0 Å². The van der Waals surface area contributed by atoms with Crippen molar-refractivity contribution in [2.24, 2.45) is 5.73 Å². The van der Waals surface area contributed by atoms with Crippen molar-refractivity contribution in [3.05, 3.63) is 18.2 Å². The zero-order valence-electron chi connectivity index (χ0n) is 13.2. The van der Waals surface area contributed by atoms with Gasteiger partial charge >= 0.3 is 5.97 Å². The number of H-pyrrole nitrogens is 1. The zero-order valence-corrected chi connectivity index (χ0v) is 14.1. The van der Waals surface area contributed by atoms with Gasteiger partial charge in [0.2, 0.25) is 17.7 Å². The first-order valence-electron chi connectivity index (χ1n) is 7.23. The summed E-state index contributed by atoms with van der Waals surface area (Å²) in [6, 6.07) is -2.00. The van der Waals surface area contributed by atoms with Gasteiger partial charge in [-0.2, -0.15) is 12.6 Å². The molecule has 0 saturated carbocycles. The maximum Gasteiger partial charge on any atom is 0.326 e. The second kappa shape index (κ2) is 10.3. The van der Waals surface area contributed by atoms with Crippen LogP contribution in [-0.4, -0.2) is 69.7 Å². The van der Waals surface area contributed by atoms with Gasteiger partial charge in [0.25, 0.3) is 0 Å². The van der Waals surface area contributed by atoms with Crippen LogP contribution in [0.15, 0.2) is 12.5 Å². The second-order valence-electron chi connectivity index (χ2n) is 5.02. The number of aromatic nitrogens is 2. The Kier molecular flexibility index (Phi) is 8.43. The molecule has 7 N–H and O–H groups in total. The fourth-order valence-corrected chi connectivity index (χ4v) is 1.85. The average molecular weight is 372 g/mol. The minimum atomic E-state index is -1.22. The number of carboxylic acid groups (broad SMARTS) is 1. The van der Waals surface area contributed by atoms with Crippen LogP contribution in [0.2, 0.25) is 0 Å². The third-order valence-corrected chi connectivity index (χ3v) is 3.41. The topological polar surface area (TPSA) is 179 Å². The Morgan fingerprint density at radius 1 is 1.24 bits per heavy atom. The molecule has 0 saturated heterocycles. The Labute approximate surface area is 148 Å². The van der Waals surface area contributed by atoms with Crippen LogP contribution in [0.25, 0.3) is 0 Å². The van der Waals surface area contributed by atoms with E-state index in [0.29, 0.717) is 5.69 Å². The maximum atomic E-state index is 11.8. The molecule has 11 nitrogen and oxygen atoms in total. The first-order chi connectivity index (χ1) is 11.8. The van der Waals surface area contributed by atoms with Gasteiger partial charge in [0.1, 0.15) is 6.04 Å². The number of amides is 3. The maximum absolute atomic E-state index is 11.8. The van der Waals surface area contributed by atoms with E-state index in [1.165, 1.54) is 12.5 Å². The van der Waals surface area contributed by atoms with Gasteiger partial charge in [-0.3, -0.25) is 14.4 Å². The molecule has 0 bridgehead atoms. The summed E-state index contributed by atoms with van der Waals surface area (Å²) >= 11 is 3.85. The summed E-state index contributed by atoms with van der Waals surface area (Å²) in [7, 11) is 0. The summed E-state index contributed by atoms with van der Waals surface area (Å²) in [6.07, 6.45) is 2.86. The first kappa shape index (κ1) is 20.4. The van der Waals surface area contributed by atoms with Crippen LogP contribution in [0, 0.1) is 0 Å². The third kappa shape index (κ3) is 7.67. The number of carbonyl (C=O) groups excluding carboxylic acids is 3. The molecule has 1 rings (SSSR count). The molecule has 138 valence electrons. The number of carboxylic acids is 1. The van der Waals surface area contributed by atoms with Crippen molar-refractivity contribution in [1.82, 2.24) is 25.9 Å². The summed E-state index contributed by atoms with van der Waals surface area (Å²) in [4.78, 5) is 52.3. The van der Waals surface area contributed by atoms with Crippen LogP contribution in [0.1, 0.15) is 5.69 Å². The fourth-order valence-electron chi connectivity index (χ4n) is 1.68. The Morgan fingerprint density at radius 2 is 1.92 bits per heavy atom. The van der Waals surface area contributed by atoms with E-state index in [1.54, 1.807) is 0 Å². The molecule has 0 aliphatic heterocycles. The lowest BCUT2D eigenvalue weighted by Crippen LogP contribution is -2.49. The number of imidazole rings is 1. The second-order valence-corrected chi connectivity index (χ2v) is 5.39. The van der Waals surface area contributed by atoms with Gasteiger partial charge in [0.05, 0.1) is 25.5 Å². The molecule has 1 aromatic rings. The number of hydrogen-bond acceptors (Lipinski definition) is 7. The molecule has 25 heavy (non-hydrogen) atoms. The number of nitrogens with one attached hydrogen (secondary N) is 4. The molecule has 1 aromatic heterocycles. The van der Waals surface area contributed by atoms with E-state index in [1.807, 2.05) is 0 Å². The van der Waals surface area contributed by atoms with Crippen LogP contribution in [0.4, 0.5) is 0 Å². The van der Waals surface area contributed by atoms with Gasteiger partial charge < -0.3 is 31.8 Å². The van der Waals surface area contributed by atoms with Gasteiger partial charge in [-0.25, -0.2) is 9.78 Å². The van der Waals surface area contributed by atoms with E-state index in [-0.39, 0.29) is 18.7 Å². The fraction of sp³-hybridized carbons (Fsp3) is 0.462. The molecule has 0 aliphatic carbocycles. The summed E-state index contributed by atoms with van der Waals surface area (Å²) in [5.74, 6) is -2.93. The van der Waals surface area contributed by atoms with E-state index in [9.17, 15) is 19.2 Å². The van der Waals surface area contributed by atoms with E-state index in [4.69, 9.17) is 10.8 Å². The summed E-state index contributed by atoms with van der Waals surface area (Å²) in [5, 5.41) is 15.9. The van der Waals surface area contributed by atoms with Crippen LogP contribution in [-0.2, 0) is 25.6 Å². The molecule has 0 aliphatic rings. The highest BCUT2D eigenvalue weighted by Crippen LogP contribution is 1.98. The largest absolute Gasteiger partial charge is 0.480 e. The van der Waals surface area contributed by atoms with Crippen molar-refractivity contribution < 1.29 is 24.3 Å². The summed E-state index contributed by atoms with van der Waals surface area (Å²) in [5.41, 5.74) is 5.96. The molecule has 2 unspecified atom stereocenters. The number of aromatic amines is 1. The Balaban J connectivity index is 2.35. The summed E-state index contributed by atoms with van der Waals surface area (Å²) in [6.45, 7) is -0.788. The highest BCUT2D eigenvalue weighted by molar-refractivity contribution is 7.80. The normalized spacial score (nSPS) is 12.7. The van der Waals surface area contributed by atoms with E-state index in [2.05, 4.69) is 38.5 Å². The predicted molar refractivity (Wildman–Crippen MR) is 89.7 cm³/mol. The van der Waals surface area contributed by atoms with Crippen LogP contribution in [0.5, 0.6) is 0 Å². The Bertz CT molecular complexity index is 608. The van der Waals surface area contributed by atoms with Gasteiger partial charge in [0, 0.05) is 24.1 Å². The van der Waals surface area contributed by atoms with Crippen LogP contribution < -0.4 is 21.7 Å². The third-order valence-electron chi connectivity index (χ3n) is 3.01. The van der Waals surface area contributed by atoms with Gasteiger partial charge in [0.15, 0.2) is 0 Å². The van der Waals surface area contributed by atoms with Crippen molar-refractivity contribution in [1.29, 1.82) is 0 Å². The standard InChI is InChI=1S/C13H20N6O5S/c14-8(5-25)12(22)17-3-10(20)16-4-11(21)19-9(13(23)24)1-7-2-15-6-18-7/h2,6,8-9,25H,1,3-5,14H2,(H,15,18)(H,16,20)(H,17,22)(H,19,21)(H,23,24). The van der Waals surface area contributed by atoms with Crippen molar-refractivity contribution in [3.63, 3.8) is 0 Å². The lowest BCUT2D eigenvalue weighted by Gasteiger charge is -2.14. The molecule has 12 heteroatoms. The number of hydrogen-bond donors (Lipinski definition) is 7. The SMILES string of the molecule is NC(CS)C(=O)NCC(=O)NCC(=O)NC(Cc1cnc[nH]1)C(=O)O. The molecule has 0 aromatic carbocycles. The van der Waals surface area contributed by atoms with E-state index >= 15 is 0 Å². The Morgan fingerprint density at radius 3 is 2.48 bits per heavy atom. The lowest BCUT2D eigenvalue weighted by atomic mass is 10.1. The minimum absolute atomic E-state index is 0.0205. The molecule has 0 radical (unpaired) electrons. The monoisotopic (exact) mass is 372 g/mol. The number of nitrogens with zero attached hydrogens (tertiary/aromatic N) is 1. The molecular weight excluding hydrogens is 352 g/mol. The molecule has 0 spiro atoms. The van der Waals surface area contributed by atoms with Crippen LogP contribution >= 0.6 is 12.6 Å². The van der Waals surface area contributed by atoms with Gasteiger partial charge in [-0.1, -0.05) is 0 Å². The van der Waals surface area contributed by atoms with E-state index in [0.717, 1.165) is 0 Å². The number of carbonyl (C=O) groups is 4. The predicted octanol–water partition coefficient (Wildman–Crippen LogP) is -2.99. The zero-order chi connectivity index (χ0) is 18.8. The number of thiol groups is 1. The van der Waals surface area contributed by atoms with Crippen molar-refractivity contribution in [2.45, 2.75) is 18.5 Å². The van der Waals surface area contributed by atoms with E-state index < -0.39 is 42.3 Å². The Hall–Kier alpha value is -2.60. The number of nitrogens with two attached hydrogens (primary N) is 1. The van der Waals surface area contributed by atoms with Crippen molar-refractivity contribution >= 4 is 36.3 Å². The smallest absolute Gasteiger partial charge is 0.326 e. The van der Waals surface area contributed by atoms with Crippen LogP contribution in [0.3, 0.4) is 0 Å². The summed E-state index contributed by atoms with van der Waals surface area (Å²) < 4.78 is 0. The molecule has 3 amide bonds. The van der Waals surface area contributed by atoms with Gasteiger partial charge in [-0.15, -0.1) is 0 Å². The first-order valence-corrected chi connectivity index (χ1v) is 7.87. The number of aliphatic carboxylic acids is 1. The average Bonchev–Trinajstić information content (AvgIpc) is 3.09. The highest BCUT2D eigenvalue weighted by Gasteiger charge is 2.21. The quantitative estimate of drug-likeness (QED) is 0.214. The molecule has 2 atom stereocenters. The molecule has 1 heterocycles. The number of rotatable bonds is 10. The molecular formula is C13H20N6O5S. The van der Waals surface area contributed by atoms with Gasteiger partial charge in [-0.05, 0) is 0 Å². The highest BCUT2D eigenvalue weighted by atomic mass is 32.1. The molecule has 0 fully saturated rings. The lowest BCUT2D eigenvalue weighted by molar-refractivity contribution is -0.141.